The first-order chi connectivity index (χ1) is 22.7. The number of hydrogen-bond acceptors (Lipinski definition) is 13. The largest absolute Gasteiger partial charge is 0.481 e. The number of ether oxygens (including phenoxy) is 3. The van der Waals surface area contributed by atoms with E-state index in [2.05, 4.69) is 15.1 Å². The number of aromatic nitrogens is 5. The van der Waals surface area contributed by atoms with E-state index in [4.69, 9.17) is 37.4 Å². The molecule has 0 saturated heterocycles. The molecule has 2 N–H and O–H groups in total. The van der Waals surface area contributed by atoms with Gasteiger partial charge in [-0.25, -0.2) is 31.7 Å². The topological polar surface area (TPSA) is 223 Å². The Bertz CT molecular complexity index is 1940. The quantitative estimate of drug-likeness (QED) is 0.199. The minimum Gasteiger partial charge on any atom is -0.481 e. The number of benzene rings is 1. The zero-order chi connectivity index (χ0) is 37.4. The lowest BCUT2D eigenvalue weighted by Gasteiger charge is -2.15. The van der Waals surface area contributed by atoms with Gasteiger partial charge in [0.1, 0.15) is 16.9 Å². The normalized spacial score (nSPS) is 12.2. The number of urea groups is 1. The minimum atomic E-state index is -4.60. The van der Waals surface area contributed by atoms with Gasteiger partial charge in [0.05, 0.1) is 33.1 Å². The summed E-state index contributed by atoms with van der Waals surface area (Å²) in [4.78, 5) is 42.9. The SMILES string of the molecule is CCOC(=O)C(Cl)Cc1cc(-n2nc(C)n(C(F)F)c2=O)c(F)cc1Cl.COc1cc(OC)nc(NC(=O)NS(=O)(=O)N(C)S(C)(=O)=O)n1. The lowest BCUT2D eigenvalue weighted by atomic mass is 10.1. The molecule has 0 bridgehead atoms. The molecule has 0 radical (unpaired) electrons. The van der Waals surface area contributed by atoms with Gasteiger partial charge in [0.2, 0.25) is 27.7 Å². The van der Waals surface area contributed by atoms with E-state index in [9.17, 15) is 44.4 Å². The third-order valence-electron chi connectivity index (χ3n) is 5.81. The van der Waals surface area contributed by atoms with E-state index in [1.807, 2.05) is 5.32 Å². The van der Waals surface area contributed by atoms with E-state index in [-0.39, 0.29) is 61.1 Å². The molecular formula is C24H29Cl2F3N8O10S2. The molecule has 0 aliphatic rings. The van der Waals surface area contributed by atoms with Crippen molar-refractivity contribution in [2.24, 2.45) is 0 Å². The van der Waals surface area contributed by atoms with Crippen molar-refractivity contribution in [1.82, 2.24) is 32.7 Å². The van der Waals surface area contributed by atoms with Crippen LogP contribution in [0.25, 0.3) is 5.69 Å². The molecule has 0 saturated carbocycles. The number of aryl methyl sites for hydroxylation is 1. The number of nitrogens with zero attached hydrogens (tertiary/aromatic N) is 6. The number of anilines is 1. The van der Waals surface area contributed by atoms with Crippen LogP contribution in [0.4, 0.5) is 23.9 Å². The van der Waals surface area contributed by atoms with Gasteiger partial charge in [-0.3, -0.25) is 10.1 Å². The second-order valence-corrected chi connectivity index (χ2v) is 14.1. The van der Waals surface area contributed by atoms with Crippen molar-refractivity contribution in [3.8, 4) is 17.4 Å². The van der Waals surface area contributed by atoms with Gasteiger partial charge in [0.25, 0.3) is 0 Å². The fourth-order valence-electron chi connectivity index (χ4n) is 3.42. The second-order valence-electron chi connectivity index (χ2n) is 9.19. The van der Waals surface area contributed by atoms with Crippen LogP contribution in [0.5, 0.6) is 11.8 Å². The summed E-state index contributed by atoms with van der Waals surface area (Å²) in [6.07, 6.45) is 0.552. The van der Waals surface area contributed by atoms with E-state index in [1.54, 1.807) is 6.92 Å². The van der Waals surface area contributed by atoms with Gasteiger partial charge >= 0.3 is 34.4 Å². The zero-order valence-electron chi connectivity index (χ0n) is 26.3. The van der Waals surface area contributed by atoms with Crippen LogP contribution >= 0.6 is 23.2 Å². The molecule has 0 fully saturated rings. The molecular weight excluding hydrogens is 752 g/mol. The maximum atomic E-state index is 14.2. The summed E-state index contributed by atoms with van der Waals surface area (Å²) in [5, 5.41) is 4.54. The number of carbonyl (C=O) groups is 2. The number of carbonyl (C=O) groups excluding carboxylic acids is 2. The third kappa shape index (κ3) is 10.9. The Labute approximate surface area is 287 Å². The summed E-state index contributed by atoms with van der Waals surface area (Å²) >= 11 is 11.9. The molecule has 1 unspecified atom stereocenters. The number of hydrogen-bond donors (Lipinski definition) is 2. The Morgan fingerprint density at radius 1 is 1.08 bits per heavy atom. The standard InChI is InChI=1S/C15H14Cl2F3N3O3.C9H15N5O7S2/c1-3-26-13(24)10(17)4-8-5-12(11(18)6-9(8)16)23-15(25)22(14(19)20)7(2)21-23;1-14(22(4,16)17)23(18,19)13-9(15)12-8-10-6(20-2)5-7(11-8)21-3/h5-6,10,14H,3-4H2,1-2H3;5H,1-4H3,(H2,10,11,12,13,15). The highest BCUT2D eigenvalue weighted by Crippen LogP contribution is 2.26. The Kier molecular flexibility index (Phi) is 14.2. The number of halogens is 5. The van der Waals surface area contributed by atoms with E-state index >= 15 is 0 Å². The Balaban J connectivity index is 0.000000343. The molecule has 25 heteroatoms. The van der Waals surface area contributed by atoms with Crippen LogP contribution < -0.4 is 25.2 Å². The highest BCUT2D eigenvalue weighted by Gasteiger charge is 2.29. The molecule has 2 aromatic heterocycles. The van der Waals surface area contributed by atoms with Crippen LogP contribution in [0.15, 0.2) is 23.0 Å². The second kappa shape index (κ2) is 17.0. The molecule has 0 spiro atoms. The van der Waals surface area contributed by atoms with Gasteiger partial charge in [-0.2, -0.15) is 31.8 Å². The first kappa shape index (κ1) is 41.0. The van der Waals surface area contributed by atoms with Crippen molar-refractivity contribution in [3.63, 3.8) is 0 Å². The molecule has 2 heterocycles. The molecule has 49 heavy (non-hydrogen) atoms. The fourth-order valence-corrected chi connectivity index (χ4v) is 5.83. The van der Waals surface area contributed by atoms with E-state index in [0.717, 1.165) is 19.2 Å². The van der Waals surface area contributed by atoms with Crippen LogP contribution in [-0.2, 0) is 36.2 Å². The summed E-state index contributed by atoms with van der Waals surface area (Å²) in [5.41, 5.74) is -1.37. The molecule has 3 rings (SSSR count). The van der Waals surface area contributed by atoms with Crippen molar-refractivity contribution in [1.29, 1.82) is 0 Å². The van der Waals surface area contributed by atoms with Gasteiger partial charge in [-0.05, 0) is 31.5 Å². The predicted octanol–water partition coefficient (Wildman–Crippen LogP) is 1.99. The maximum absolute atomic E-state index is 14.2. The predicted molar refractivity (Wildman–Crippen MR) is 168 cm³/mol. The summed E-state index contributed by atoms with van der Waals surface area (Å²) < 4.78 is 103. The van der Waals surface area contributed by atoms with Crippen molar-refractivity contribution < 1.29 is 53.8 Å². The summed E-state index contributed by atoms with van der Waals surface area (Å²) in [6, 6.07) is 2.09. The van der Waals surface area contributed by atoms with Gasteiger partial charge in [0.15, 0.2) is 5.82 Å². The molecule has 1 atom stereocenters. The van der Waals surface area contributed by atoms with Crippen molar-refractivity contribution in [2.45, 2.75) is 32.2 Å². The highest BCUT2D eigenvalue weighted by atomic mass is 35.5. The number of nitrogens with one attached hydrogen (secondary N) is 2. The number of sulfonamides is 1. The first-order valence-electron chi connectivity index (χ1n) is 13.2. The minimum absolute atomic E-state index is 0.00654. The number of rotatable bonds is 12. The van der Waals surface area contributed by atoms with Crippen molar-refractivity contribution in [2.75, 3.05) is 39.4 Å². The number of esters is 1. The maximum Gasteiger partial charge on any atom is 0.355 e. The molecule has 3 aromatic rings. The van der Waals surface area contributed by atoms with Crippen molar-refractivity contribution in [3.05, 3.63) is 50.9 Å². The van der Waals surface area contributed by atoms with Crippen LogP contribution in [0.2, 0.25) is 5.02 Å². The Morgan fingerprint density at radius 3 is 2.12 bits per heavy atom. The molecule has 0 aliphatic heterocycles. The average Bonchev–Trinajstić information content (AvgIpc) is 3.30. The zero-order valence-corrected chi connectivity index (χ0v) is 29.4. The van der Waals surface area contributed by atoms with E-state index in [0.29, 0.717) is 10.9 Å². The molecule has 0 aliphatic carbocycles. The van der Waals surface area contributed by atoms with Gasteiger partial charge in [0, 0.05) is 18.5 Å². The molecule has 1 aromatic carbocycles. The van der Waals surface area contributed by atoms with E-state index < -0.39 is 55.7 Å². The molecule has 272 valence electrons. The number of alkyl halides is 3. The van der Waals surface area contributed by atoms with Crippen LogP contribution in [0.1, 0.15) is 24.9 Å². The monoisotopic (exact) mass is 780 g/mol. The van der Waals surface area contributed by atoms with Gasteiger partial charge in [-0.15, -0.1) is 16.7 Å². The van der Waals surface area contributed by atoms with Gasteiger partial charge in [-0.1, -0.05) is 15.3 Å². The smallest absolute Gasteiger partial charge is 0.355 e. The average molecular weight is 782 g/mol. The Morgan fingerprint density at radius 2 is 1.65 bits per heavy atom. The summed E-state index contributed by atoms with van der Waals surface area (Å²) in [5.74, 6) is -2.11. The lowest BCUT2D eigenvalue weighted by Crippen LogP contribution is -2.45. The first-order valence-corrected chi connectivity index (χ1v) is 17.3. The van der Waals surface area contributed by atoms with Crippen LogP contribution in [0, 0.1) is 12.7 Å². The van der Waals surface area contributed by atoms with Crippen LogP contribution in [0.3, 0.4) is 0 Å². The van der Waals surface area contributed by atoms with E-state index in [1.165, 1.54) is 31.9 Å². The van der Waals surface area contributed by atoms with Crippen molar-refractivity contribution >= 4 is 61.4 Å². The number of methoxy groups -OCH3 is 2. The van der Waals surface area contributed by atoms with Crippen LogP contribution in [-0.4, -0.2) is 96.4 Å². The molecule has 2 amide bonds. The Hall–Kier alpha value is -4.19. The third-order valence-corrected chi connectivity index (χ3v) is 9.95. The highest BCUT2D eigenvalue weighted by molar-refractivity contribution is 8.03. The summed E-state index contributed by atoms with van der Waals surface area (Å²) in [6.45, 7) is -0.195. The fraction of sp³-hybridized carbons (Fsp3) is 0.417. The molecule has 18 nitrogen and oxygen atoms in total. The number of amides is 2. The summed E-state index contributed by atoms with van der Waals surface area (Å²) in [7, 11) is -5.27. The lowest BCUT2D eigenvalue weighted by molar-refractivity contribution is -0.142. The van der Waals surface area contributed by atoms with Gasteiger partial charge < -0.3 is 14.2 Å².